The lowest BCUT2D eigenvalue weighted by molar-refractivity contribution is -0.143. The molecule has 424 valence electrons. The molecule has 0 aromatic carbocycles. The first kappa shape index (κ1) is 70.1. The van der Waals surface area contributed by atoms with E-state index in [-0.39, 0.29) is 18.5 Å². The molecule has 0 aliphatic heterocycles. The first-order valence-corrected chi connectivity index (χ1v) is 32.3. The van der Waals surface area contributed by atoms with Crippen molar-refractivity contribution in [2.24, 2.45) is 0 Å². The minimum absolute atomic E-state index is 0.0289. The van der Waals surface area contributed by atoms with Crippen LogP contribution in [0.5, 0.6) is 0 Å². The Morgan fingerprint density at radius 3 is 1.07 bits per heavy atom. The van der Waals surface area contributed by atoms with Crippen LogP contribution in [-0.4, -0.2) is 47.4 Å². The van der Waals surface area contributed by atoms with Gasteiger partial charge in [0.05, 0.1) is 25.4 Å². The number of carbonyl (C=O) groups excluding carboxylic acids is 2. The van der Waals surface area contributed by atoms with E-state index in [4.69, 9.17) is 4.74 Å². The van der Waals surface area contributed by atoms with Gasteiger partial charge in [0.25, 0.3) is 0 Å². The lowest BCUT2D eigenvalue weighted by Gasteiger charge is -2.22. The zero-order chi connectivity index (χ0) is 52.2. The highest BCUT2D eigenvalue weighted by atomic mass is 16.5. The van der Waals surface area contributed by atoms with Gasteiger partial charge in [-0.1, -0.05) is 288 Å². The maximum Gasteiger partial charge on any atom is 0.305 e. The number of allylic oxidation sites excluding steroid dienone is 6. The third kappa shape index (κ3) is 57.4. The first-order chi connectivity index (χ1) is 35.5. The zero-order valence-electron chi connectivity index (χ0n) is 48.4. The van der Waals surface area contributed by atoms with Crippen molar-refractivity contribution in [1.29, 1.82) is 0 Å². The fraction of sp³-hybridized carbons (Fsp3) is 0.879. The lowest BCUT2D eigenvalue weighted by Crippen LogP contribution is -2.45. The van der Waals surface area contributed by atoms with Crippen molar-refractivity contribution in [3.05, 3.63) is 36.5 Å². The van der Waals surface area contributed by atoms with Crippen LogP contribution in [0.3, 0.4) is 0 Å². The molecule has 0 heterocycles. The molecule has 0 aliphatic carbocycles. The van der Waals surface area contributed by atoms with Crippen LogP contribution in [-0.2, 0) is 14.3 Å². The Kier molecular flexibility index (Phi) is 60.0. The summed E-state index contributed by atoms with van der Waals surface area (Å²) >= 11 is 0. The molecular weight excluding hydrogens is 887 g/mol. The van der Waals surface area contributed by atoms with E-state index in [0.717, 1.165) is 77.0 Å². The van der Waals surface area contributed by atoms with Crippen molar-refractivity contribution < 1.29 is 24.5 Å². The van der Waals surface area contributed by atoms with E-state index < -0.39 is 12.1 Å². The van der Waals surface area contributed by atoms with Crippen LogP contribution in [0, 0.1) is 0 Å². The van der Waals surface area contributed by atoms with Crippen LogP contribution in [0.2, 0.25) is 0 Å². The largest absolute Gasteiger partial charge is 0.466 e. The summed E-state index contributed by atoms with van der Waals surface area (Å²) in [5.41, 5.74) is 0. The Morgan fingerprint density at radius 2 is 0.694 bits per heavy atom. The van der Waals surface area contributed by atoms with Gasteiger partial charge in [-0.2, -0.15) is 0 Å². The van der Waals surface area contributed by atoms with E-state index in [0.29, 0.717) is 25.9 Å². The van der Waals surface area contributed by atoms with Crippen molar-refractivity contribution >= 4 is 11.9 Å². The lowest BCUT2D eigenvalue weighted by atomic mass is 10.0. The molecule has 0 bridgehead atoms. The van der Waals surface area contributed by atoms with Crippen LogP contribution in [0.4, 0.5) is 0 Å². The number of aliphatic hydroxyl groups excluding tert-OH is 2. The van der Waals surface area contributed by atoms with Crippen molar-refractivity contribution in [3.63, 3.8) is 0 Å². The highest BCUT2D eigenvalue weighted by molar-refractivity contribution is 5.76. The highest BCUT2D eigenvalue weighted by Crippen LogP contribution is 2.18. The number of carbonyl (C=O) groups is 2. The molecule has 1 amide bonds. The smallest absolute Gasteiger partial charge is 0.305 e. The quantitative estimate of drug-likeness (QED) is 0.0244. The first-order valence-electron chi connectivity index (χ1n) is 32.3. The van der Waals surface area contributed by atoms with Crippen LogP contribution in [0.1, 0.15) is 348 Å². The molecule has 6 heteroatoms. The summed E-state index contributed by atoms with van der Waals surface area (Å²) in [6.07, 6.45) is 77.3. The SMILES string of the molecule is CCCCCCCC/C=C\CCCCCCCC(=O)OCCCCC/C=C\C=C/CCCCCCCCC(=O)NC(CO)C(O)CCCCCCCCCCCCCCCCCCCCCCCCCCC. The standard InChI is InChI=1S/C66H125NO5/c1-3-5-7-9-11-13-15-17-19-20-21-22-23-24-25-26-27-28-31-34-38-42-46-50-54-58-64(69)63(62-68)67-65(70)59-55-51-47-43-39-35-32-29-33-37-41-45-49-53-57-61-72-66(71)60-56-52-48-44-40-36-30-18-16-14-12-10-8-6-4-2/h18,29-30,33,37,41,63-64,68-69H,3-17,19-28,31-32,34-36,38-40,42-62H2,1-2H3,(H,67,70)/b30-18-,33-29-,41-37-. The molecule has 0 fully saturated rings. The zero-order valence-corrected chi connectivity index (χ0v) is 48.4. The van der Waals surface area contributed by atoms with Gasteiger partial charge in [-0.15, -0.1) is 0 Å². The van der Waals surface area contributed by atoms with Gasteiger partial charge in [0.1, 0.15) is 0 Å². The molecule has 2 unspecified atom stereocenters. The molecule has 0 rings (SSSR count). The molecule has 0 radical (unpaired) electrons. The topological polar surface area (TPSA) is 95.9 Å². The van der Waals surface area contributed by atoms with Crippen LogP contribution in [0.15, 0.2) is 36.5 Å². The average Bonchev–Trinajstić information content (AvgIpc) is 3.38. The number of unbranched alkanes of at least 4 members (excludes halogenated alkanes) is 44. The van der Waals surface area contributed by atoms with Crippen LogP contribution >= 0.6 is 0 Å². The maximum absolute atomic E-state index is 12.5. The second kappa shape index (κ2) is 61.6. The van der Waals surface area contributed by atoms with Crippen molar-refractivity contribution in [3.8, 4) is 0 Å². The predicted octanol–water partition coefficient (Wildman–Crippen LogP) is 20.4. The average molecular weight is 1010 g/mol. The summed E-state index contributed by atoms with van der Waals surface area (Å²) in [6, 6.07) is -0.560. The molecule has 0 saturated carbocycles. The fourth-order valence-corrected chi connectivity index (χ4v) is 9.98. The van der Waals surface area contributed by atoms with Crippen LogP contribution in [0.25, 0.3) is 0 Å². The van der Waals surface area contributed by atoms with Gasteiger partial charge in [-0.3, -0.25) is 9.59 Å². The van der Waals surface area contributed by atoms with Gasteiger partial charge in [0.2, 0.25) is 5.91 Å². The van der Waals surface area contributed by atoms with E-state index in [1.54, 1.807) is 0 Å². The summed E-state index contributed by atoms with van der Waals surface area (Å²) in [6.45, 7) is 4.91. The number of esters is 1. The number of nitrogens with one attached hydrogen (secondary N) is 1. The van der Waals surface area contributed by atoms with Gasteiger partial charge >= 0.3 is 5.97 Å². The second-order valence-electron chi connectivity index (χ2n) is 22.1. The molecule has 6 nitrogen and oxygen atoms in total. The third-order valence-corrected chi connectivity index (χ3v) is 14.9. The van der Waals surface area contributed by atoms with Crippen molar-refractivity contribution in [1.82, 2.24) is 5.32 Å². The summed E-state index contributed by atoms with van der Waals surface area (Å²) in [5.74, 6) is -0.0833. The minimum atomic E-state index is -0.681. The second-order valence-corrected chi connectivity index (χ2v) is 22.1. The Bertz CT molecular complexity index is 1170. The Labute approximate surface area is 449 Å². The number of hydrogen-bond acceptors (Lipinski definition) is 5. The monoisotopic (exact) mass is 1010 g/mol. The Morgan fingerprint density at radius 1 is 0.389 bits per heavy atom. The third-order valence-electron chi connectivity index (χ3n) is 14.9. The maximum atomic E-state index is 12.5. The van der Waals surface area contributed by atoms with E-state index in [1.807, 2.05) is 0 Å². The van der Waals surface area contributed by atoms with Crippen molar-refractivity contribution in [2.75, 3.05) is 13.2 Å². The molecule has 0 spiro atoms. The minimum Gasteiger partial charge on any atom is -0.466 e. The molecule has 0 aromatic heterocycles. The normalized spacial score (nSPS) is 12.8. The molecule has 0 aliphatic rings. The number of aliphatic hydroxyl groups is 2. The Hall–Kier alpha value is -1.92. The molecular formula is C66H125NO5. The van der Waals surface area contributed by atoms with E-state index in [1.165, 1.54) is 238 Å². The van der Waals surface area contributed by atoms with Gasteiger partial charge < -0.3 is 20.3 Å². The molecule has 0 saturated heterocycles. The number of ether oxygens (including phenoxy) is 1. The summed E-state index contributed by atoms with van der Waals surface area (Å²) in [5, 5.41) is 23.4. The van der Waals surface area contributed by atoms with Gasteiger partial charge in [0, 0.05) is 12.8 Å². The number of rotatable bonds is 60. The van der Waals surface area contributed by atoms with E-state index >= 15 is 0 Å². The molecule has 72 heavy (non-hydrogen) atoms. The summed E-state index contributed by atoms with van der Waals surface area (Å²) < 4.78 is 5.45. The van der Waals surface area contributed by atoms with E-state index in [9.17, 15) is 19.8 Å². The molecule has 3 N–H and O–H groups in total. The highest BCUT2D eigenvalue weighted by Gasteiger charge is 2.20. The fourth-order valence-electron chi connectivity index (χ4n) is 9.98. The van der Waals surface area contributed by atoms with Gasteiger partial charge in [-0.25, -0.2) is 0 Å². The summed E-state index contributed by atoms with van der Waals surface area (Å²) in [7, 11) is 0. The predicted molar refractivity (Wildman–Crippen MR) is 315 cm³/mol. The van der Waals surface area contributed by atoms with Crippen LogP contribution < -0.4 is 5.32 Å². The summed E-state index contributed by atoms with van der Waals surface area (Å²) in [4.78, 5) is 24.6. The molecule has 2 atom stereocenters. The van der Waals surface area contributed by atoms with Crippen molar-refractivity contribution in [2.45, 2.75) is 360 Å². The van der Waals surface area contributed by atoms with Gasteiger partial charge in [-0.05, 0) is 83.5 Å². The number of amides is 1. The Balaban J connectivity index is 3.50. The number of hydrogen-bond donors (Lipinski definition) is 3. The molecule has 0 aromatic rings. The van der Waals surface area contributed by atoms with E-state index in [2.05, 4.69) is 55.6 Å². The van der Waals surface area contributed by atoms with Gasteiger partial charge in [0.15, 0.2) is 0 Å².